The molecule has 2 atom stereocenters. The van der Waals surface area contributed by atoms with E-state index in [0.29, 0.717) is 0 Å². The van der Waals surface area contributed by atoms with Crippen LogP contribution in [0, 0.1) is 17.4 Å². The minimum Gasteiger partial charge on any atom is -0.362 e. The van der Waals surface area contributed by atoms with E-state index in [1.807, 2.05) is 42.9 Å². The van der Waals surface area contributed by atoms with E-state index in [2.05, 4.69) is 67.7 Å². The minimum absolute atomic E-state index is 0.00273. The van der Waals surface area contributed by atoms with E-state index in [4.69, 9.17) is 12.2 Å². The van der Waals surface area contributed by atoms with Crippen LogP contribution in [0.25, 0.3) is 0 Å². The monoisotopic (exact) mass is 489 g/mol. The molecule has 0 radical (unpaired) electrons. The summed E-state index contributed by atoms with van der Waals surface area (Å²) in [5.74, 6) is 0. The molecule has 0 unspecified atom stereocenters. The normalized spacial score (nSPS) is 19.4. The number of halogens is 1. The van der Waals surface area contributed by atoms with Crippen LogP contribution in [-0.2, 0) is 6.54 Å². The fraction of sp³-hybridized carbons (Fsp3) is 0.250. The van der Waals surface area contributed by atoms with Gasteiger partial charge in [0.1, 0.15) is 0 Å². The number of aromatic amines is 1. The predicted molar refractivity (Wildman–Crippen MR) is 118 cm³/mol. The molecule has 0 aromatic carbocycles. The minimum atomic E-state index is 0.00273. The largest absolute Gasteiger partial charge is 0.362 e. The van der Waals surface area contributed by atoms with Gasteiger partial charge in [-0.25, -0.2) is 0 Å². The van der Waals surface area contributed by atoms with Gasteiger partial charge in [0.25, 0.3) is 0 Å². The molecule has 7 heteroatoms. The molecule has 4 rings (SSSR count). The third-order valence-corrected chi connectivity index (χ3v) is 6.68. The predicted octanol–water partition coefficient (Wildman–Crippen LogP) is 4.20. The van der Waals surface area contributed by atoms with Crippen LogP contribution < -0.4 is 5.32 Å². The van der Waals surface area contributed by atoms with Gasteiger partial charge in [-0.15, -0.1) is 0 Å². The molecule has 0 bridgehead atoms. The van der Waals surface area contributed by atoms with Crippen molar-refractivity contribution in [3.8, 4) is 0 Å². The molecule has 3 aromatic heterocycles. The highest BCUT2D eigenvalue weighted by molar-refractivity contribution is 14.1. The molecule has 138 valence electrons. The van der Waals surface area contributed by atoms with Crippen LogP contribution in [0.5, 0.6) is 0 Å². The Balaban J connectivity index is 1.80. The van der Waals surface area contributed by atoms with E-state index in [0.717, 1.165) is 17.4 Å². The molecule has 0 saturated carbocycles. The van der Waals surface area contributed by atoms with Gasteiger partial charge in [-0.1, -0.05) is 6.07 Å². The quantitative estimate of drug-likeness (QED) is 0.425. The lowest BCUT2D eigenvalue weighted by Gasteiger charge is -2.28. The molecular formula is C20H20IN5S. The van der Waals surface area contributed by atoms with Crippen LogP contribution in [0.2, 0.25) is 0 Å². The Kier molecular flexibility index (Phi) is 5.14. The Hall–Kier alpha value is -2.00. The van der Waals surface area contributed by atoms with Crippen molar-refractivity contribution < 1.29 is 0 Å². The third kappa shape index (κ3) is 3.45. The van der Waals surface area contributed by atoms with Crippen LogP contribution in [0.1, 0.15) is 40.3 Å². The average molecular weight is 489 g/mol. The summed E-state index contributed by atoms with van der Waals surface area (Å²) >= 11 is 8.18. The molecule has 3 aromatic rings. The Labute approximate surface area is 177 Å². The number of nitrogens with zero attached hydrogens (tertiary/aromatic N) is 3. The first-order chi connectivity index (χ1) is 13.1. The standard InChI is InChI=1S/C20H20IN5S/c1-12-16(17(21)13(2)24-12)19-18(15-5-3-4-8-23-15)25-20(27)26(19)11-14-6-9-22-10-7-14/h3-10,18-19,24H,11H2,1-2H3,(H,25,27)/t18-,19+/m1/s1. The lowest BCUT2D eigenvalue weighted by atomic mass is 9.96. The van der Waals surface area contributed by atoms with Gasteiger partial charge >= 0.3 is 0 Å². The number of hydrogen-bond donors (Lipinski definition) is 2. The molecule has 1 saturated heterocycles. The smallest absolute Gasteiger partial charge is 0.170 e. The van der Waals surface area contributed by atoms with E-state index >= 15 is 0 Å². The molecule has 4 heterocycles. The highest BCUT2D eigenvalue weighted by Gasteiger charge is 2.42. The summed E-state index contributed by atoms with van der Waals surface area (Å²) < 4.78 is 1.25. The molecular weight excluding hydrogens is 469 g/mol. The van der Waals surface area contributed by atoms with E-state index in [1.54, 1.807) is 0 Å². The molecule has 27 heavy (non-hydrogen) atoms. The number of H-pyrrole nitrogens is 1. The number of aryl methyl sites for hydroxylation is 2. The zero-order valence-corrected chi connectivity index (χ0v) is 18.1. The number of pyridine rings is 2. The van der Waals surface area contributed by atoms with Gasteiger partial charge in [-0.3, -0.25) is 9.97 Å². The maximum absolute atomic E-state index is 5.75. The highest BCUT2D eigenvalue weighted by Crippen LogP contribution is 2.43. The van der Waals surface area contributed by atoms with Crippen molar-refractivity contribution in [1.82, 2.24) is 25.2 Å². The maximum atomic E-state index is 5.75. The topological polar surface area (TPSA) is 56.8 Å². The van der Waals surface area contributed by atoms with Crippen molar-refractivity contribution in [3.05, 3.63) is 80.7 Å². The van der Waals surface area contributed by atoms with Crippen molar-refractivity contribution >= 4 is 39.9 Å². The molecule has 1 aliphatic rings. The van der Waals surface area contributed by atoms with Gasteiger partial charge in [-0.05, 0) is 78.5 Å². The molecule has 1 fully saturated rings. The second-order valence-corrected chi connectivity index (χ2v) is 8.18. The summed E-state index contributed by atoms with van der Waals surface area (Å²) in [6.07, 6.45) is 5.48. The third-order valence-electron chi connectivity index (χ3n) is 4.94. The second-order valence-electron chi connectivity index (χ2n) is 6.71. The fourth-order valence-corrected chi connectivity index (χ4v) is 4.86. The summed E-state index contributed by atoms with van der Waals surface area (Å²) in [6, 6.07) is 10.2. The Morgan fingerprint density at radius 1 is 1.11 bits per heavy atom. The van der Waals surface area contributed by atoms with Crippen molar-refractivity contribution in [3.63, 3.8) is 0 Å². The second kappa shape index (κ2) is 7.55. The molecule has 5 nitrogen and oxygen atoms in total. The average Bonchev–Trinajstić information content (AvgIpc) is 3.12. The molecule has 0 aliphatic carbocycles. The summed E-state index contributed by atoms with van der Waals surface area (Å²) in [5, 5.41) is 4.27. The SMILES string of the molecule is Cc1[nH]c(C)c([C@H]2[C@@H](c3ccccn3)NC(=S)N2Cc2ccncc2)c1I. The first kappa shape index (κ1) is 18.4. The lowest BCUT2D eigenvalue weighted by molar-refractivity contribution is 0.309. The molecule has 1 aliphatic heterocycles. The molecule has 2 N–H and O–H groups in total. The van der Waals surface area contributed by atoms with Crippen molar-refractivity contribution in [2.24, 2.45) is 0 Å². The number of rotatable bonds is 4. The maximum Gasteiger partial charge on any atom is 0.170 e. The Morgan fingerprint density at radius 2 is 1.89 bits per heavy atom. The summed E-state index contributed by atoms with van der Waals surface area (Å²) in [6.45, 7) is 4.97. The van der Waals surface area contributed by atoms with E-state index < -0.39 is 0 Å². The first-order valence-electron chi connectivity index (χ1n) is 8.77. The number of thiocarbonyl (C=S) groups is 1. The van der Waals surface area contributed by atoms with E-state index in [9.17, 15) is 0 Å². The van der Waals surface area contributed by atoms with Crippen LogP contribution in [0.15, 0.2) is 48.9 Å². The number of aromatic nitrogens is 3. The number of nitrogens with one attached hydrogen (secondary N) is 2. The van der Waals surface area contributed by atoms with Gasteiger partial charge in [0.05, 0.1) is 17.8 Å². The lowest BCUT2D eigenvalue weighted by Crippen LogP contribution is -2.29. The van der Waals surface area contributed by atoms with Gasteiger partial charge in [0.15, 0.2) is 5.11 Å². The first-order valence-corrected chi connectivity index (χ1v) is 10.3. The van der Waals surface area contributed by atoms with E-state index in [1.165, 1.54) is 26.1 Å². The zero-order chi connectivity index (χ0) is 19.0. The van der Waals surface area contributed by atoms with Gasteiger partial charge < -0.3 is 15.2 Å². The fourth-order valence-electron chi connectivity index (χ4n) is 3.70. The van der Waals surface area contributed by atoms with Crippen LogP contribution >= 0.6 is 34.8 Å². The van der Waals surface area contributed by atoms with Crippen molar-refractivity contribution in [2.45, 2.75) is 32.5 Å². The van der Waals surface area contributed by atoms with Crippen LogP contribution in [0.4, 0.5) is 0 Å². The van der Waals surface area contributed by atoms with Crippen LogP contribution in [0.3, 0.4) is 0 Å². The Bertz CT molecular complexity index is 957. The van der Waals surface area contributed by atoms with Crippen molar-refractivity contribution in [2.75, 3.05) is 0 Å². The van der Waals surface area contributed by atoms with E-state index in [-0.39, 0.29) is 12.1 Å². The summed E-state index contributed by atoms with van der Waals surface area (Å²) in [5.41, 5.74) is 5.82. The van der Waals surface area contributed by atoms with Gasteiger partial charge in [-0.2, -0.15) is 0 Å². The van der Waals surface area contributed by atoms with Gasteiger partial charge in [0.2, 0.25) is 0 Å². The number of hydrogen-bond acceptors (Lipinski definition) is 3. The summed E-state index contributed by atoms with van der Waals surface area (Å²) in [4.78, 5) is 14.5. The zero-order valence-electron chi connectivity index (χ0n) is 15.1. The molecule has 0 amide bonds. The highest BCUT2D eigenvalue weighted by atomic mass is 127. The summed E-state index contributed by atoms with van der Waals surface area (Å²) in [7, 11) is 0. The molecule has 0 spiro atoms. The Morgan fingerprint density at radius 3 is 2.52 bits per heavy atom. The van der Waals surface area contributed by atoms with Crippen LogP contribution in [-0.4, -0.2) is 25.0 Å². The van der Waals surface area contributed by atoms with Crippen molar-refractivity contribution in [1.29, 1.82) is 0 Å². The van der Waals surface area contributed by atoms with Gasteiger partial charge in [0, 0.05) is 45.7 Å².